The molecule has 4 N–H and O–H groups in total. The van der Waals surface area contributed by atoms with Gasteiger partial charge >= 0.3 is 7.82 Å². The minimum atomic E-state index is -4.13. The topological polar surface area (TPSA) is 220 Å². The molecule has 0 bridgehead atoms. The van der Waals surface area contributed by atoms with Crippen LogP contribution in [0.3, 0.4) is 0 Å². The fourth-order valence-electron chi connectivity index (χ4n) is 4.18. The molecule has 2 aliphatic heterocycles. The van der Waals surface area contributed by atoms with Crippen LogP contribution in [0, 0.1) is 0 Å². The Bertz CT molecular complexity index is 1450. The molecule has 4 heterocycles. The molecular formula is C21H34N7O10PS2. The number of hydrazine groups is 1. The molecule has 0 aliphatic carbocycles. The van der Waals surface area contributed by atoms with Gasteiger partial charge in [-0.3, -0.25) is 27.9 Å². The zero-order valence-corrected chi connectivity index (χ0v) is 25.9. The number of hydrogen-bond acceptors (Lipinski definition) is 16. The van der Waals surface area contributed by atoms with Crippen LogP contribution in [0.5, 0.6) is 0 Å². The average molecular weight is 640 g/mol. The number of carbonyl (C=O) groups excluding carboxylic acids is 1. The summed E-state index contributed by atoms with van der Waals surface area (Å²) in [5.74, 6) is 0.0180. The van der Waals surface area contributed by atoms with Crippen molar-refractivity contribution in [3.63, 3.8) is 0 Å². The van der Waals surface area contributed by atoms with E-state index in [4.69, 9.17) is 28.8 Å². The fraction of sp³-hybridized carbons (Fsp3) is 0.714. The Hall–Kier alpha value is -1.93. The van der Waals surface area contributed by atoms with Crippen molar-refractivity contribution in [2.75, 3.05) is 43.0 Å². The number of aromatic nitrogens is 4. The number of fused-ring (bicyclic) bond motifs is 2. The molecule has 17 nitrogen and oxygen atoms in total. The van der Waals surface area contributed by atoms with Crippen molar-refractivity contribution in [3.05, 3.63) is 6.33 Å². The zero-order chi connectivity index (χ0) is 30.4. The lowest BCUT2D eigenvalue weighted by molar-refractivity contribution is -0.130. The maximum Gasteiger partial charge on any atom is 0.477 e. The molecule has 41 heavy (non-hydrogen) atoms. The molecule has 2 fully saturated rings. The quantitative estimate of drug-likeness (QED) is 0.167. The van der Waals surface area contributed by atoms with Crippen molar-refractivity contribution >= 4 is 57.7 Å². The molecule has 0 saturated carbocycles. The van der Waals surface area contributed by atoms with Crippen molar-refractivity contribution < 1.29 is 45.9 Å². The number of carbonyl (C=O) groups is 1. The van der Waals surface area contributed by atoms with Crippen LogP contribution in [-0.2, 0) is 42.4 Å². The van der Waals surface area contributed by atoms with Gasteiger partial charge in [-0.25, -0.2) is 18.0 Å². The maximum absolute atomic E-state index is 13.1. The Morgan fingerprint density at radius 2 is 2.07 bits per heavy atom. The highest BCUT2D eigenvalue weighted by molar-refractivity contribution is 8.13. The van der Waals surface area contributed by atoms with E-state index in [2.05, 4.69) is 19.8 Å². The van der Waals surface area contributed by atoms with E-state index in [1.807, 2.05) is 6.92 Å². The molecule has 0 spiro atoms. The van der Waals surface area contributed by atoms with Crippen molar-refractivity contribution in [2.45, 2.75) is 63.9 Å². The molecule has 2 aromatic rings. The monoisotopic (exact) mass is 639 g/mol. The fourth-order valence-corrected chi connectivity index (χ4v) is 7.13. The van der Waals surface area contributed by atoms with Gasteiger partial charge in [0, 0.05) is 19.4 Å². The second kappa shape index (κ2) is 11.6. The molecule has 230 valence electrons. The number of anilines is 2. The first kappa shape index (κ1) is 32.0. The van der Waals surface area contributed by atoms with Gasteiger partial charge in [-0.15, -0.1) is 4.83 Å². The molecule has 0 radical (unpaired) electrons. The number of phosphoric ester groups is 1. The third kappa shape index (κ3) is 6.84. The molecule has 2 aliphatic rings. The Balaban J connectivity index is 1.43. The highest BCUT2D eigenvalue weighted by Gasteiger charge is 2.64. The Morgan fingerprint density at radius 3 is 2.71 bits per heavy atom. The molecular weight excluding hydrogens is 605 g/mol. The molecule has 5 atom stereocenters. The van der Waals surface area contributed by atoms with E-state index in [-0.39, 0.29) is 40.4 Å². The van der Waals surface area contributed by atoms with Crippen molar-refractivity contribution in [3.8, 4) is 0 Å². The molecule has 0 amide bonds. The van der Waals surface area contributed by atoms with E-state index < -0.39 is 47.7 Å². The second-order valence-electron chi connectivity index (χ2n) is 10.1. The number of nitrogens with two attached hydrogens (primary N) is 1. The lowest BCUT2D eigenvalue weighted by Gasteiger charge is -2.28. The number of phosphoric acid groups is 1. The van der Waals surface area contributed by atoms with Crippen molar-refractivity contribution in [2.24, 2.45) is 0 Å². The molecule has 20 heteroatoms. The Morgan fingerprint density at radius 1 is 1.37 bits per heavy atom. The summed E-state index contributed by atoms with van der Waals surface area (Å²) in [5.41, 5.74) is 3.34. The first-order valence-corrected chi connectivity index (χ1v) is 16.8. The third-order valence-electron chi connectivity index (χ3n) is 6.08. The van der Waals surface area contributed by atoms with Crippen LogP contribution < -0.4 is 15.6 Å². The smallest absolute Gasteiger partial charge is 0.382 e. The summed E-state index contributed by atoms with van der Waals surface area (Å²) in [6.07, 6.45) is -0.645. The lowest BCUT2D eigenvalue weighted by atomic mass is 9.99. The standard InChI is InChI=1S/C21H34N7O10PS2/c1-7-8-34-20(2,3)18(29)40-10-9-35-39(31)37-13-16(38-39)36-17(21(13,4)30)28-11-23-12-14(24-19(22)25-15(12)28)27(5)26-41(6,32)33/h11,13,16-17,26,30H,7-10H2,1-6H3,(H2,22,24,25)/t13-,16-,17-,21-,39?/m1/s1. The minimum absolute atomic E-state index is 0.0524. The van der Waals surface area contributed by atoms with Gasteiger partial charge in [0.2, 0.25) is 27.4 Å². The minimum Gasteiger partial charge on any atom is -0.382 e. The van der Waals surface area contributed by atoms with Crippen molar-refractivity contribution in [1.82, 2.24) is 24.4 Å². The third-order valence-corrected chi connectivity index (χ3v) is 9.26. The van der Waals surface area contributed by atoms with Crippen LogP contribution in [0.25, 0.3) is 11.2 Å². The van der Waals surface area contributed by atoms with Gasteiger partial charge in [0.1, 0.15) is 11.2 Å². The SMILES string of the molecule is CCCOC(C)(C)C(=O)SCCOP1(=O)O[C@H]2O[C@@H](n3cnc4c(N(C)NS(C)(=O)=O)nc(N)nc43)[C@](C)(O)[C@@H]2O1. The van der Waals surface area contributed by atoms with Crippen LogP contribution in [0.4, 0.5) is 11.8 Å². The Labute approximate surface area is 241 Å². The van der Waals surface area contributed by atoms with E-state index in [9.17, 15) is 22.9 Å². The van der Waals surface area contributed by atoms with Gasteiger partial charge in [0.15, 0.2) is 29.3 Å². The summed E-state index contributed by atoms with van der Waals surface area (Å²) < 4.78 is 65.6. The van der Waals surface area contributed by atoms with Gasteiger partial charge in [0.25, 0.3) is 0 Å². The summed E-state index contributed by atoms with van der Waals surface area (Å²) in [4.78, 5) is 27.2. The molecule has 1 unspecified atom stereocenters. The summed E-state index contributed by atoms with van der Waals surface area (Å²) >= 11 is 0.968. The van der Waals surface area contributed by atoms with Crippen molar-refractivity contribution in [1.29, 1.82) is 0 Å². The largest absolute Gasteiger partial charge is 0.477 e. The summed E-state index contributed by atoms with van der Waals surface area (Å²) in [5, 5.41) is 12.3. The first-order valence-electron chi connectivity index (χ1n) is 12.5. The van der Waals surface area contributed by atoms with Crippen LogP contribution >= 0.6 is 19.6 Å². The summed E-state index contributed by atoms with van der Waals surface area (Å²) in [6.45, 7) is 7.00. The van der Waals surface area contributed by atoms with E-state index in [1.54, 1.807) is 13.8 Å². The Kier molecular flexibility index (Phi) is 9.08. The van der Waals surface area contributed by atoms with Crippen LogP contribution in [-0.4, -0.2) is 94.0 Å². The van der Waals surface area contributed by atoms with Crippen LogP contribution in [0.2, 0.25) is 0 Å². The molecule has 4 rings (SSSR count). The number of sulfonamides is 1. The number of nitrogen functional groups attached to an aromatic ring is 1. The number of ether oxygens (including phenoxy) is 2. The normalized spacial score (nSPS) is 28.3. The average Bonchev–Trinajstić information content (AvgIpc) is 3.49. The number of nitrogens with zero attached hydrogens (tertiary/aromatic N) is 5. The second-order valence-corrected chi connectivity index (χ2v) is 14.5. The number of nitrogens with one attached hydrogen (secondary N) is 1. The predicted molar refractivity (Wildman–Crippen MR) is 148 cm³/mol. The summed E-state index contributed by atoms with van der Waals surface area (Å²) in [7, 11) is -6.37. The predicted octanol–water partition coefficient (Wildman–Crippen LogP) is 0.920. The highest BCUT2D eigenvalue weighted by Crippen LogP contribution is 2.63. The number of thioether (sulfide) groups is 1. The zero-order valence-electron chi connectivity index (χ0n) is 23.3. The van der Waals surface area contributed by atoms with Crippen LogP contribution in [0.15, 0.2) is 6.33 Å². The molecule has 2 aromatic heterocycles. The molecule has 2 saturated heterocycles. The van der Waals surface area contributed by atoms with Gasteiger partial charge in [-0.1, -0.05) is 18.7 Å². The number of aliphatic hydroxyl groups is 1. The van der Waals surface area contributed by atoms with E-state index >= 15 is 0 Å². The molecule has 0 aromatic carbocycles. The van der Waals surface area contributed by atoms with E-state index in [0.29, 0.717) is 6.61 Å². The summed E-state index contributed by atoms with van der Waals surface area (Å²) in [6, 6.07) is 0. The highest BCUT2D eigenvalue weighted by atomic mass is 32.2. The maximum atomic E-state index is 13.1. The van der Waals surface area contributed by atoms with Gasteiger partial charge in [0.05, 0.1) is 19.2 Å². The number of imidazole rings is 1. The van der Waals surface area contributed by atoms with Gasteiger partial charge < -0.3 is 20.3 Å². The van der Waals surface area contributed by atoms with Gasteiger partial charge in [-0.2, -0.15) is 9.97 Å². The van der Waals surface area contributed by atoms with E-state index in [0.717, 1.165) is 29.4 Å². The first-order chi connectivity index (χ1) is 19.0. The van der Waals surface area contributed by atoms with Crippen LogP contribution in [0.1, 0.15) is 40.3 Å². The number of rotatable bonds is 12. The number of hydrogen-bond donors (Lipinski definition) is 3. The van der Waals surface area contributed by atoms with E-state index in [1.165, 1.54) is 24.9 Å². The lowest BCUT2D eigenvalue weighted by Crippen LogP contribution is -2.43. The van der Waals surface area contributed by atoms with Gasteiger partial charge in [-0.05, 0) is 27.2 Å².